The molecule has 31 heavy (non-hydrogen) atoms. The minimum Gasteiger partial charge on any atom is -0.481 e. The molecule has 10 atom stereocenters. The zero-order valence-electron chi connectivity index (χ0n) is 19.5. The first-order valence-electron chi connectivity index (χ1n) is 12.5. The van der Waals surface area contributed by atoms with Crippen LogP contribution in [0.4, 0.5) is 4.39 Å². The highest BCUT2D eigenvalue weighted by Gasteiger charge is 2.66. The lowest BCUT2D eigenvalue weighted by molar-refractivity contribution is -0.174. The Labute approximate surface area is 185 Å². The van der Waals surface area contributed by atoms with Crippen LogP contribution in [-0.4, -0.2) is 28.8 Å². The number of hydrogen-bond acceptors (Lipinski definition) is 3. The van der Waals surface area contributed by atoms with Crippen LogP contribution in [0.2, 0.25) is 0 Å². The molecule has 5 heteroatoms. The molecule has 4 aliphatic carbocycles. The first-order valence-corrected chi connectivity index (χ1v) is 12.5. The molecule has 4 aliphatic rings. The third kappa shape index (κ3) is 3.40. The van der Waals surface area contributed by atoms with E-state index in [4.69, 9.17) is 5.11 Å². The van der Waals surface area contributed by atoms with Gasteiger partial charge in [0, 0.05) is 24.7 Å². The van der Waals surface area contributed by atoms with Crippen molar-refractivity contribution in [3.8, 4) is 0 Å². The van der Waals surface area contributed by atoms with Crippen molar-refractivity contribution in [3.63, 3.8) is 0 Å². The molecule has 0 amide bonds. The summed E-state index contributed by atoms with van der Waals surface area (Å²) in [4.78, 5) is 37.2. The minimum atomic E-state index is -1.38. The van der Waals surface area contributed by atoms with E-state index in [1.165, 1.54) is 0 Å². The molecule has 4 nitrogen and oxygen atoms in total. The predicted molar refractivity (Wildman–Crippen MR) is 116 cm³/mol. The maximum absolute atomic E-state index is 14.7. The van der Waals surface area contributed by atoms with Crippen LogP contribution in [-0.2, 0) is 14.4 Å². The molecule has 0 aliphatic heterocycles. The van der Waals surface area contributed by atoms with Gasteiger partial charge in [0.05, 0.1) is 0 Å². The Morgan fingerprint density at radius 1 is 1.13 bits per heavy atom. The molecule has 0 heterocycles. The van der Waals surface area contributed by atoms with E-state index in [1.807, 2.05) is 6.92 Å². The largest absolute Gasteiger partial charge is 0.481 e. The van der Waals surface area contributed by atoms with Gasteiger partial charge in [-0.2, -0.15) is 0 Å². The Morgan fingerprint density at radius 3 is 2.45 bits per heavy atom. The molecular weight excluding hydrogens is 395 g/mol. The van der Waals surface area contributed by atoms with Crippen molar-refractivity contribution in [1.82, 2.24) is 0 Å². The fourth-order valence-electron chi connectivity index (χ4n) is 8.99. The molecule has 0 aromatic heterocycles. The van der Waals surface area contributed by atoms with Gasteiger partial charge in [0.15, 0.2) is 12.0 Å². The summed E-state index contributed by atoms with van der Waals surface area (Å²) in [6.45, 7) is 8.74. The molecule has 0 saturated heterocycles. The summed E-state index contributed by atoms with van der Waals surface area (Å²) >= 11 is 0. The van der Waals surface area contributed by atoms with Crippen LogP contribution in [0.3, 0.4) is 0 Å². The SMILES string of the molecule is CC[C@H]1C(=O)C2C3CC[C@H]([C@H](C)CCC(=O)O)[C@@]3(C)CCC2[C@@]2(C)C[C@@H](F)C(=O)C[C@@H]12. The van der Waals surface area contributed by atoms with Crippen molar-refractivity contribution >= 4 is 17.5 Å². The number of aliphatic carboxylic acids is 1. The number of fused-ring (bicyclic) bond motifs is 5. The fraction of sp³-hybridized carbons (Fsp3) is 0.885. The van der Waals surface area contributed by atoms with Gasteiger partial charge in [-0.15, -0.1) is 0 Å². The number of carbonyl (C=O) groups is 3. The standard InChI is InChI=1S/C26H39FO4/c1-5-15-19-12-21(28)20(27)13-26(19,4)18-10-11-25(3)16(14(2)6-9-22(29)30)7-8-17(25)23(18)24(15)31/h14-20,23H,5-13H2,1-4H3,(H,29,30)/t14-,15-,16-,17?,18?,19+,20-,23?,25-,26-/m1/s1. The maximum Gasteiger partial charge on any atom is 0.303 e. The molecular formula is C26H39FO4. The van der Waals surface area contributed by atoms with E-state index in [0.717, 1.165) is 32.1 Å². The molecule has 0 radical (unpaired) electrons. The number of carboxylic acids is 1. The van der Waals surface area contributed by atoms with Crippen LogP contribution in [0.15, 0.2) is 0 Å². The van der Waals surface area contributed by atoms with Crippen LogP contribution in [0.5, 0.6) is 0 Å². The van der Waals surface area contributed by atoms with Gasteiger partial charge >= 0.3 is 5.97 Å². The normalized spacial score (nSPS) is 48.0. The van der Waals surface area contributed by atoms with Gasteiger partial charge in [-0.05, 0) is 85.4 Å². The highest BCUT2D eigenvalue weighted by atomic mass is 19.1. The zero-order valence-corrected chi connectivity index (χ0v) is 19.5. The van der Waals surface area contributed by atoms with Crippen LogP contribution in [0, 0.1) is 52.3 Å². The number of rotatable bonds is 5. The molecule has 4 rings (SSSR count). The average molecular weight is 435 g/mol. The third-order valence-electron chi connectivity index (χ3n) is 10.5. The van der Waals surface area contributed by atoms with E-state index in [-0.39, 0.29) is 59.5 Å². The van der Waals surface area contributed by atoms with Gasteiger partial charge in [0.25, 0.3) is 0 Å². The summed E-state index contributed by atoms with van der Waals surface area (Å²) in [5, 5.41) is 9.13. The second kappa shape index (κ2) is 7.95. The third-order valence-corrected chi connectivity index (χ3v) is 10.5. The number of hydrogen-bond donors (Lipinski definition) is 1. The highest BCUT2D eigenvalue weighted by molar-refractivity contribution is 5.89. The summed E-state index contributed by atoms with van der Waals surface area (Å²) in [6.07, 6.45) is 4.77. The Balaban J connectivity index is 1.65. The monoisotopic (exact) mass is 434 g/mol. The summed E-state index contributed by atoms with van der Waals surface area (Å²) in [7, 11) is 0. The first kappa shape index (κ1) is 22.9. The number of Topliss-reactive ketones (excluding diaryl/α,β-unsaturated/α-hetero) is 2. The molecule has 0 aromatic carbocycles. The second-order valence-electron chi connectivity index (χ2n) is 11.7. The Kier molecular flexibility index (Phi) is 5.88. The molecule has 4 saturated carbocycles. The smallest absolute Gasteiger partial charge is 0.303 e. The molecule has 1 N–H and O–H groups in total. The Morgan fingerprint density at radius 2 is 1.81 bits per heavy atom. The Bertz CT molecular complexity index is 765. The van der Waals surface area contributed by atoms with Crippen molar-refractivity contribution < 1.29 is 23.9 Å². The lowest BCUT2D eigenvalue weighted by atomic mass is 9.41. The van der Waals surface area contributed by atoms with Crippen molar-refractivity contribution in [2.45, 2.75) is 91.7 Å². The molecule has 0 bridgehead atoms. The Hall–Kier alpha value is -1.26. The van der Waals surface area contributed by atoms with Crippen LogP contribution >= 0.6 is 0 Å². The summed E-state index contributed by atoms with van der Waals surface area (Å²) in [5.41, 5.74) is -0.225. The van der Waals surface area contributed by atoms with Crippen LogP contribution in [0.25, 0.3) is 0 Å². The lowest BCUT2D eigenvalue weighted by Crippen LogP contribution is -2.61. The van der Waals surface area contributed by atoms with Gasteiger partial charge in [-0.25, -0.2) is 4.39 Å². The maximum atomic E-state index is 14.7. The quantitative estimate of drug-likeness (QED) is 0.622. The molecule has 3 unspecified atom stereocenters. The van der Waals surface area contributed by atoms with E-state index in [0.29, 0.717) is 30.0 Å². The van der Waals surface area contributed by atoms with Crippen LogP contribution < -0.4 is 0 Å². The van der Waals surface area contributed by atoms with E-state index < -0.39 is 12.1 Å². The predicted octanol–water partition coefficient (Wildman–Crippen LogP) is 5.48. The average Bonchev–Trinajstić information content (AvgIpc) is 3.06. The van der Waals surface area contributed by atoms with Crippen molar-refractivity contribution in [1.29, 1.82) is 0 Å². The van der Waals surface area contributed by atoms with Gasteiger partial charge in [0.2, 0.25) is 0 Å². The first-order chi connectivity index (χ1) is 14.5. The highest BCUT2D eigenvalue weighted by Crippen LogP contribution is 2.68. The van der Waals surface area contributed by atoms with Crippen molar-refractivity contribution in [2.24, 2.45) is 52.3 Å². The molecule has 4 fully saturated rings. The fourth-order valence-corrected chi connectivity index (χ4v) is 8.99. The molecule has 0 spiro atoms. The van der Waals surface area contributed by atoms with E-state index in [1.54, 1.807) is 0 Å². The van der Waals surface area contributed by atoms with E-state index in [9.17, 15) is 18.8 Å². The molecule has 174 valence electrons. The minimum absolute atomic E-state index is 0.0122. The topological polar surface area (TPSA) is 71.4 Å². The number of halogens is 1. The molecule has 0 aromatic rings. The zero-order chi connectivity index (χ0) is 22.7. The van der Waals surface area contributed by atoms with E-state index in [2.05, 4.69) is 20.8 Å². The van der Waals surface area contributed by atoms with Gasteiger partial charge in [-0.1, -0.05) is 27.7 Å². The number of ketones is 2. The van der Waals surface area contributed by atoms with Crippen molar-refractivity contribution in [2.75, 3.05) is 0 Å². The number of carboxylic acid groups (broad SMARTS) is 1. The number of carbonyl (C=O) groups excluding carboxylic acids is 2. The van der Waals surface area contributed by atoms with Gasteiger partial charge in [0.1, 0.15) is 5.78 Å². The second-order valence-corrected chi connectivity index (χ2v) is 11.7. The summed E-state index contributed by atoms with van der Waals surface area (Å²) < 4.78 is 14.7. The lowest BCUT2D eigenvalue weighted by Gasteiger charge is -2.61. The van der Waals surface area contributed by atoms with Gasteiger partial charge in [-0.3, -0.25) is 14.4 Å². The summed E-state index contributed by atoms with van der Waals surface area (Å²) in [6, 6.07) is 0. The van der Waals surface area contributed by atoms with Gasteiger partial charge < -0.3 is 5.11 Å². The number of alkyl halides is 1. The van der Waals surface area contributed by atoms with E-state index >= 15 is 0 Å². The summed E-state index contributed by atoms with van der Waals surface area (Å²) in [5.74, 6) is 0.374. The van der Waals surface area contributed by atoms with Crippen molar-refractivity contribution in [3.05, 3.63) is 0 Å². The van der Waals surface area contributed by atoms with Crippen LogP contribution in [0.1, 0.15) is 85.5 Å².